The number of benzene rings is 1. The molecule has 0 fully saturated rings. The van der Waals surface area contributed by atoms with E-state index < -0.39 is 11.7 Å². The second-order valence-corrected chi connectivity index (χ2v) is 7.51. The van der Waals surface area contributed by atoms with Crippen LogP contribution in [0, 0.1) is 0 Å². The number of alkyl carbamates (subject to hydrolysis) is 1. The standard InChI is InChI=1S/C21H29N3O5.C2H6/c1-21(2,3)29-20(26)22-11-7-13-28-18-10-6-12-24(23-18)15-16-8-5-9-17(14-16)19(25)27-4;1-2/h5-6,8-10,14H,7,11-13,15H2,1-4H3,(H,22,26);1-2H3. The number of nitrogens with one attached hydrogen (secondary N) is 1. The Kier molecular flexibility index (Phi) is 11.2. The van der Waals surface area contributed by atoms with Gasteiger partial charge in [-0.3, -0.25) is 5.01 Å². The molecule has 1 amide bonds. The van der Waals surface area contributed by atoms with Crippen LogP contribution in [-0.4, -0.2) is 55.4 Å². The van der Waals surface area contributed by atoms with Crippen molar-refractivity contribution in [2.75, 3.05) is 26.8 Å². The molecule has 0 saturated heterocycles. The Morgan fingerprint density at radius 2 is 1.97 bits per heavy atom. The summed E-state index contributed by atoms with van der Waals surface area (Å²) in [5, 5.41) is 9.01. The molecule has 1 aliphatic rings. The Morgan fingerprint density at radius 3 is 2.65 bits per heavy atom. The highest BCUT2D eigenvalue weighted by molar-refractivity contribution is 5.89. The smallest absolute Gasteiger partial charge is 0.407 e. The SMILES string of the molecule is CC.COC(=O)c1cccc(CN2CC=CC(OCCCNC(=O)OC(C)(C)C)=N2)c1. The van der Waals surface area contributed by atoms with E-state index in [4.69, 9.17) is 14.2 Å². The van der Waals surface area contributed by atoms with E-state index in [1.165, 1.54) is 7.11 Å². The molecule has 8 nitrogen and oxygen atoms in total. The minimum Gasteiger partial charge on any atom is -0.477 e. The third kappa shape index (κ3) is 10.5. The van der Waals surface area contributed by atoms with Gasteiger partial charge in [0.05, 0.1) is 32.4 Å². The molecule has 0 unspecified atom stereocenters. The molecule has 1 heterocycles. The highest BCUT2D eigenvalue weighted by atomic mass is 16.6. The van der Waals surface area contributed by atoms with Crippen molar-refractivity contribution in [3.05, 3.63) is 47.5 Å². The Hall–Kier alpha value is -3.03. The number of hydrogen-bond donors (Lipinski definition) is 1. The van der Waals surface area contributed by atoms with Gasteiger partial charge in [0.2, 0.25) is 5.90 Å². The number of rotatable bonds is 7. The molecule has 1 aliphatic heterocycles. The van der Waals surface area contributed by atoms with Crippen LogP contribution < -0.4 is 5.32 Å². The quantitative estimate of drug-likeness (QED) is 0.514. The van der Waals surface area contributed by atoms with Crippen LogP contribution in [0.3, 0.4) is 0 Å². The Bertz CT molecular complexity index is 769. The van der Waals surface area contributed by atoms with Crippen molar-refractivity contribution >= 4 is 18.0 Å². The first kappa shape index (κ1) is 26.0. The number of ether oxygens (including phenoxy) is 3. The first-order valence-corrected chi connectivity index (χ1v) is 10.5. The first-order valence-electron chi connectivity index (χ1n) is 10.5. The average Bonchev–Trinajstić information content (AvgIpc) is 2.73. The molecule has 0 saturated carbocycles. The molecule has 172 valence electrons. The van der Waals surface area contributed by atoms with Crippen molar-refractivity contribution in [2.45, 2.75) is 53.2 Å². The van der Waals surface area contributed by atoms with E-state index in [1.54, 1.807) is 12.1 Å². The van der Waals surface area contributed by atoms with E-state index in [2.05, 4.69) is 10.4 Å². The average molecular weight is 434 g/mol. The molecule has 1 aromatic carbocycles. The topological polar surface area (TPSA) is 89.5 Å². The number of carbonyl (C=O) groups excluding carboxylic acids is 2. The van der Waals surface area contributed by atoms with Gasteiger partial charge in [-0.05, 0) is 51.0 Å². The maximum absolute atomic E-state index is 11.7. The van der Waals surface area contributed by atoms with Gasteiger partial charge in [-0.25, -0.2) is 9.59 Å². The normalized spacial score (nSPS) is 12.8. The summed E-state index contributed by atoms with van der Waals surface area (Å²) >= 11 is 0. The van der Waals surface area contributed by atoms with E-state index in [1.807, 2.05) is 63.9 Å². The molecule has 1 aromatic rings. The van der Waals surface area contributed by atoms with Crippen LogP contribution in [-0.2, 0) is 20.8 Å². The van der Waals surface area contributed by atoms with Crippen LogP contribution in [0.2, 0.25) is 0 Å². The lowest BCUT2D eigenvalue weighted by atomic mass is 10.1. The van der Waals surface area contributed by atoms with Crippen LogP contribution in [0.5, 0.6) is 0 Å². The van der Waals surface area contributed by atoms with E-state index in [-0.39, 0.29) is 5.97 Å². The Labute approximate surface area is 185 Å². The third-order valence-electron chi connectivity index (χ3n) is 3.77. The van der Waals surface area contributed by atoms with Crippen molar-refractivity contribution in [3.63, 3.8) is 0 Å². The van der Waals surface area contributed by atoms with Crippen LogP contribution in [0.4, 0.5) is 4.79 Å². The molecular weight excluding hydrogens is 398 g/mol. The van der Waals surface area contributed by atoms with Gasteiger partial charge < -0.3 is 19.5 Å². The van der Waals surface area contributed by atoms with Crippen molar-refractivity contribution in [1.82, 2.24) is 10.3 Å². The summed E-state index contributed by atoms with van der Waals surface area (Å²) in [6, 6.07) is 7.26. The number of esters is 1. The highest BCUT2D eigenvalue weighted by Gasteiger charge is 2.15. The fraction of sp³-hybridized carbons (Fsp3) is 0.522. The van der Waals surface area contributed by atoms with Crippen molar-refractivity contribution in [3.8, 4) is 0 Å². The highest BCUT2D eigenvalue weighted by Crippen LogP contribution is 2.12. The zero-order valence-electron chi connectivity index (χ0n) is 19.4. The number of carbonyl (C=O) groups is 2. The molecular formula is C23H35N3O5. The number of amides is 1. The van der Waals surface area contributed by atoms with E-state index in [0.29, 0.717) is 44.1 Å². The van der Waals surface area contributed by atoms with E-state index in [9.17, 15) is 9.59 Å². The zero-order valence-corrected chi connectivity index (χ0v) is 19.4. The number of hydrogen-bond acceptors (Lipinski definition) is 7. The largest absolute Gasteiger partial charge is 0.477 e. The summed E-state index contributed by atoms with van der Waals surface area (Å²) in [6.45, 7) is 11.5. The fourth-order valence-corrected chi connectivity index (χ4v) is 2.54. The summed E-state index contributed by atoms with van der Waals surface area (Å²) < 4.78 is 15.6. The molecule has 0 spiro atoms. The van der Waals surface area contributed by atoms with Crippen LogP contribution in [0.15, 0.2) is 41.5 Å². The third-order valence-corrected chi connectivity index (χ3v) is 3.77. The maximum Gasteiger partial charge on any atom is 0.407 e. The molecule has 0 atom stereocenters. The lowest BCUT2D eigenvalue weighted by Crippen LogP contribution is -2.33. The Balaban J connectivity index is 0.00000233. The summed E-state index contributed by atoms with van der Waals surface area (Å²) in [5.74, 6) is 0.149. The molecule has 31 heavy (non-hydrogen) atoms. The van der Waals surface area contributed by atoms with Crippen LogP contribution in [0.25, 0.3) is 0 Å². The van der Waals surface area contributed by atoms with Crippen molar-refractivity contribution < 1.29 is 23.8 Å². The van der Waals surface area contributed by atoms with Crippen LogP contribution in [0.1, 0.15) is 57.0 Å². The summed E-state index contributed by atoms with van der Waals surface area (Å²) in [6.07, 6.45) is 3.98. The van der Waals surface area contributed by atoms with Gasteiger partial charge in [-0.1, -0.05) is 32.1 Å². The van der Waals surface area contributed by atoms with Crippen molar-refractivity contribution in [1.29, 1.82) is 0 Å². The van der Waals surface area contributed by atoms with Gasteiger partial charge >= 0.3 is 12.1 Å². The van der Waals surface area contributed by atoms with Gasteiger partial charge in [0.1, 0.15) is 5.60 Å². The lowest BCUT2D eigenvalue weighted by molar-refractivity contribution is 0.0524. The van der Waals surface area contributed by atoms with Gasteiger partial charge in [0, 0.05) is 6.54 Å². The maximum atomic E-state index is 11.7. The van der Waals surface area contributed by atoms with Gasteiger partial charge in [0.25, 0.3) is 0 Å². The molecule has 2 rings (SSSR count). The molecule has 8 heteroatoms. The monoisotopic (exact) mass is 433 g/mol. The molecule has 0 radical (unpaired) electrons. The van der Waals surface area contributed by atoms with Crippen molar-refractivity contribution in [2.24, 2.45) is 5.10 Å². The second kappa shape index (κ2) is 13.3. The second-order valence-electron chi connectivity index (χ2n) is 7.51. The fourth-order valence-electron chi connectivity index (χ4n) is 2.54. The number of hydrazone groups is 1. The van der Waals surface area contributed by atoms with E-state index >= 15 is 0 Å². The number of methoxy groups -OCH3 is 1. The molecule has 0 aromatic heterocycles. The van der Waals surface area contributed by atoms with Crippen LogP contribution >= 0.6 is 0 Å². The van der Waals surface area contributed by atoms with Gasteiger partial charge in [-0.2, -0.15) is 0 Å². The Morgan fingerprint density at radius 1 is 1.23 bits per heavy atom. The van der Waals surface area contributed by atoms with Gasteiger partial charge in [0.15, 0.2) is 0 Å². The molecule has 0 bridgehead atoms. The predicted octanol–water partition coefficient (Wildman–Crippen LogP) is 4.12. The summed E-state index contributed by atoms with van der Waals surface area (Å²) in [5.41, 5.74) is 0.950. The molecule has 0 aliphatic carbocycles. The first-order chi connectivity index (χ1) is 14.8. The summed E-state index contributed by atoms with van der Waals surface area (Å²) in [4.78, 5) is 23.2. The number of nitrogens with zero attached hydrogens (tertiary/aromatic N) is 2. The lowest BCUT2D eigenvalue weighted by Gasteiger charge is -2.22. The zero-order chi connectivity index (χ0) is 23.3. The molecule has 1 N–H and O–H groups in total. The van der Waals surface area contributed by atoms with Gasteiger partial charge in [-0.15, -0.1) is 5.10 Å². The minimum atomic E-state index is -0.512. The predicted molar refractivity (Wildman–Crippen MR) is 121 cm³/mol. The summed E-state index contributed by atoms with van der Waals surface area (Å²) in [7, 11) is 1.36. The minimum absolute atomic E-state index is 0.363. The van der Waals surface area contributed by atoms with E-state index in [0.717, 1.165) is 5.56 Å².